The van der Waals surface area contributed by atoms with Crippen LogP contribution in [0, 0.1) is 0 Å². The van der Waals surface area contributed by atoms with Crippen LogP contribution >= 0.6 is 11.3 Å². The molecule has 0 atom stereocenters. The number of amides is 1. The fraction of sp³-hybridized carbons (Fsp3) is 0.300. The molecule has 0 aliphatic carbocycles. The summed E-state index contributed by atoms with van der Waals surface area (Å²) in [7, 11) is 1.65. The Morgan fingerprint density at radius 1 is 1.12 bits per heavy atom. The van der Waals surface area contributed by atoms with Gasteiger partial charge >= 0.3 is 0 Å². The van der Waals surface area contributed by atoms with Gasteiger partial charge in [-0.2, -0.15) is 0 Å². The monoisotopic (exact) mass is 354 g/mol. The van der Waals surface area contributed by atoms with Crippen molar-refractivity contribution in [3.05, 3.63) is 59.1 Å². The third-order valence-electron chi connectivity index (χ3n) is 4.04. The van der Waals surface area contributed by atoms with Crippen molar-refractivity contribution < 1.29 is 9.53 Å². The standard InChI is InChI=1S/C20H22N2O2S/c1-24-17-9-4-2-7-15(17)12-13-19(23)21-14-6-11-20-22-16-8-3-5-10-18(16)25-20/h2-5,7-10H,6,11-14H2,1H3,(H,21,23). The van der Waals surface area contributed by atoms with E-state index in [1.807, 2.05) is 42.5 Å². The predicted octanol–water partition coefficient (Wildman–Crippen LogP) is 3.99. The molecule has 0 spiro atoms. The Labute approximate surface area is 151 Å². The van der Waals surface area contributed by atoms with Gasteiger partial charge < -0.3 is 10.1 Å². The average molecular weight is 354 g/mol. The highest BCUT2D eigenvalue weighted by molar-refractivity contribution is 7.18. The first-order valence-corrected chi connectivity index (χ1v) is 9.31. The van der Waals surface area contributed by atoms with E-state index in [-0.39, 0.29) is 5.91 Å². The van der Waals surface area contributed by atoms with Gasteiger partial charge in [-0.3, -0.25) is 4.79 Å². The van der Waals surface area contributed by atoms with Crippen LogP contribution in [0.3, 0.4) is 0 Å². The number of methoxy groups -OCH3 is 1. The molecule has 0 unspecified atom stereocenters. The first-order chi connectivity index (χ1) is 12.3. The minimum Gasteiger partial charge on any atom is -0.496 e. The van der Waals surface area contributed by atoms with Crippen LogP contribution in [0.5, 0.6) is 5.75 Å². The molecule has 3 rings (SSSR count). The highest BCUT2D eigenvalue weighted by atomic mass is 32.1. The van der Waals surface area contributed by atoms with Crippen LogP contribution in [0.2, 0.25) is 0 Å². The number of aryl methyl sites for hydroxylation is 2. The summed E-state index contributed by atoms with van der Waals surface area (Å²) in [5.41, 5.74) is 2.12. The number of carbonyl (C=O) groups excluding carboxylic acids is 1. The van der Waals surface area contributed by atoms with Crippen molar-refractivity contribution >= 4 is 27.5 Å². The van der Waals surface area contributed by atoms with Crippen molar-refractivity contribution in [3.63, 3.8) is 0 Å². The summed E-state index contributed by atoms with van der Waals surface area (Å²) in [6, 6.07) is 16.0. The lowest BCUT2D eigenvalue weighted by Crippen LogP contribution is -2.25. The lowest BCUT2D eigenvalue weighted by Gasteiger charge is -2.08. The molecular weight excluding hydrogens is 332 g/mol. The number of nitrogens with zero attached hydrogens (tertiary/aromatic N) is 1. The molecule has 1 amide bonds. The van der Waals surface area contributed by atoms with Crippen LogP contribution in [0.25, 0.3) is 10.2 Å². The third-order valence-corrected chi connectivity index (χ3v) is 5.14. The fourth-order valence-corrected chi connectivity index (χ4v) is 3.75. The lowest BCUT2D eigenvalue weighted by atomic mass is 10.1. The molecule has 0 saturated carbocycles. The second-order valence-corrected chi connectivity index (χ2v) is 6.96. The van der Waals surface area contributed by atoms with Crippen LogP contribution in [-0.4, -0.2) is 24.5 Å². The number of rotatable bonds is 8. The number of fused-ring (bicyclic) bond motifs is 1. The smallest absolute Gasteiger partial charge is 0.220 e. The van der Waals surface area contributed by atoms with Gasteiger partial charge in [0, 0.05) is 19.4 Å². The van der Waals surface area contributed by atoms with Crippen LogP contribution in [-0.2, 0) is 17.6 Å². The Kier molecular flexibility index (Phi) is 6.01. The zero-order chi connectivity index (χ0) is 17.5. The SMILES string of the molecule is COc1ccccc1CCC(=O)NCCCc1nc2ccccc2s1. The molecule has 0 bridgehead atoms. The fourth-order valence-electron chi connectivity index (χ4n) is 2.74. The molecule has 25 heavy (non-hydrogen) atoms. The molecule has 4 nitrogen and oxygen atoms in total. The number of carbonyl (C=O) groups is 1. The molecule has 0 saturated heterocycles. The molecule has 5 heteroatoms. The van der Waals surface area contributed by atoms with E-state index in [1.54, 1.807) is 18.4 Å². The highest BCUT2D eigenvalue weighted by Gasteiger charge is 2.07. The van der Waals surface area contributed by atoms with Crippen molar-refractivity contribution in [2.24, 2.45) is 0 Å². The number of benzene rings is 2. The molecule has 0 aliphatic heterocycles. The maximum Gasteiger partial charge on any atom is 0.220 e. The van der Waals surface area contributed by atoms with Gasteiger partial charge in [0.25, 0.3) is 0 Å². The third kappa shape index (κ3) is 4.79. The molecule has 1 heterocycles. The molecule has 0 aliphatic rings. The van der Waals surface area contributed by atoms with E-state index in [9.17, 15) is 4.79 Å². The van der Waals surface area contributed by atoms with E-state index in [2.05, 4.69) is 16.4 Å². The van der Waals surface area contributed by atoms with E-state index < -0.39 is 0 Å². The summed E-state index contributed by atoms with van der Waals surface area (Å²) in [5.74, 6) is 0.918. The Morgan fingerprint density at radius 2 is 1.92 bits per heavy atom. The number of hydrogen-bond donors (Lipinski definition) is 1. The minimum atomic E-state index is 0.0789. The molecular formula is C20H22N2O2S. The quantitative estimate of drug-likeness (QED) is 0.622. The second-order valence-electron chi connectivity index (χ2n) is 5.84. The molecule has 0 fully saturated rings. The highest BCUT2D eigenvalue weighted by Crippen LogP contribution is 2.22. The summed E-state index contributed by atoms with van der Waals surface area (Å²) in [5, 5.41) is 4.12. The molecule has 1 aromatic heterocycles. The van der Waals surface area contributed by atoms with Crippen LogP contribution < -0.4 is 10.1 Å². The molecule has 1 N–H and O–H groups in total. The topological polar surface area (TPSA) is 51.2 Å². The van der Waals surface area contributed by atoms with Crippen LogP contribution in [0.1, 0.15) is 23.4 Å². The molecule has 2 aromatic carbocycles. The average Bonchev–Trinajstić information content (AvgIpc) is 3.06. The Hall–Kier alpha value is -2.40. The number of aromatic nitrogens is 1. The first-order valence-electron chi connectivity index (χ1n) is 8.49. The zero-order valence-corrected chi connectivity index (χ0v) is 15.1. The minimum absolute atomic E-state index is 0.0789. The van der Waals surface area contributed by atoms with E-state index >= 15 is 0 Å². The lowest BCUT2D eigenvalue weighted by molar-refractivity contribution is -0.121. The van der Waals surface area contributed by atoms with Gasteiger partial charge in [0.05, 0.1) is 22.3 Å². The van der Waals surface area contributed by atoms with Gasteiger partial charge in [0.2, 0.25) is 5.91 Å². The van der Waals surface area contributed by atoms with Gasteiger partial charge in [-0.15, -0.1) is 11.3 Å². The number of nitrogens with one attached hydrogen (secondary N) is 1. The maximum atomic E-state index is 12.0. The van der Waals surface area contributed by atoms with Gasteiger partial charge in [0.1, 0.15) is 5.75 Å². The summed E-state index contributed by atoms with van der Waals surface area (Å²) in [4.78, 5) is 16.6. The Balaban J connectivity index is 1.39. The van der Waals surface area contributed by atoms with Crippen molar-refractivity contribution in [1.82, 2.24) is 10.3 Å². The summed E-state index contributed by atoms with van der Waals surface area (Å²) in [6.45, 7) is 0.681. The molecule has 130 valence electrons. The zero-order valence-electron chi connectivity index (χ0n) is 14.3. The Morgan fingerprint density at radius 3 is 2.76 bits per heavy atom. The summed E-state index contributed by atoms with van der Waals surface area (Å²) >= 11 is 1.73. The first kappa shape index (κ1) is 17.4. The largest absolute Gasteiger partial charge is 0.496 e. The molecule has 3 aromatic rings. The van der Waals surface area contributed by atoms with E-state index in [0.29, 0.717) is 19.4 Å². The normalized spacial score (nSPS) is 10.8. The van der Waals surface area contributed by atoms with E-state index in [4.69, 9.17) is 4.74 Å². The van der Waals surface area contributed by atoms with Crippen molar-refractivity contribution in [3.8, 4) is 5.75 Å². The molecule has 0 radical (unpaired) electrons. The van der Waals surface area contributed by atoms with Crippen molar-refractivity contribution in [2.45, 2.75) is 25.7 Å². The maximum absolute atomic E-state index is 12.0. The van der Waals surface area contributed by atoms with E-state index in [1.165, 1.54) is 4.70 Å². The Bertz CT molecular complexity index is 811. The van der Waals surface area contributed by atoms with E-state index in [0.717, 1.165) is 34.7 Å². The number of para-hydroxylation sites is 2. The predicted molar refractivity (Wildman–Crippen MR) is 102 cm³/mol. The van der Waals surface area contributed by atoms with Crippen molar-refractivity contribution in [1.29, 1.82) is 0 Å². The van der Waals surface area contributed by atoms with Gasteiger partial charge in [-0.05, 0) is 36.6 Å². The number of ether oxygens (including phenoxy) is 1. The number of hydrogen-bond acceptors (Lipinski definition) is 4. The van der Waals surface area contributed by atoms with Crippen LogP contribution in [0.4, 0.5) is 0 Å². The van der Waals surface area contributed by atoms with Crippen molar-refractivity contribution in [2.75, 3.05) is 13.7 Å². The van der Waals surface area contributed by atoms with Crippen LogP contribution in [0.15, 0.2) is 48.5 Å². The van der Waals surface area contributed by atoms with Gasteiger partial charge in [-0.1, -0.05) is 30.3 Å². The summed E-state index contributed by atoms with van der Waals surface area (Å²) in [6.07, 6.45) is 2.96. The second kappa shape index (κ2) is 8.62. The van der Waals surface area contributed by atoms with Gasteiger partial charge in [-0.25, -0.2) is 4.98 Å². The number of thiazole rings is 1. The van der Waals surface area contributed by atoms with Gasteiger partial charge in [0.15, 0.2) is 0 Å². The summed E-state index contributed by atoms with van der Waals surface area (Å²) < 4.78 is 6.53.